The molecule has 3 aromatic rings. The van der Waals surface area contributed by atoms with Gasteiger partial charge in [0.2, 0.25) is 15.9 Å². The first-order valence-corrected chi connectivity index (χ1v) is 10.3. The molecule has 28 heavy (non-hydrogen) atoms. The van der Waals surface area contributed by atoms with Crippen LogP contribution in [-0.2, 0) is 14.8 Å². The van der Waals surface area contributed by atoms with Crippen molar-refractivity contribution in [2.24, 2.45) is 0 Å². The molecule has 0 spiro atoms. The van der Waals surface area contributed by atoms with Crippen molar-refractivity contribution in [2.75, 3.05) is 18.9 Å². The van der Waals surface area contributed by atoms with E-state index in [0.29, 0.717) is 5.69 Å². The topological polar surface area (TPSA) is 66.5 Å². The summed E-state index contributed by atoms with van der Waals surface area (Å²) in [7, 11) is -2.32. The van der Waals surface area contributed by atoms with Crippen LogP contribution in [0.4, 0.5) is 5.69 Å². The van der Waals surface area contributed by atoms with Gasteiger partial charge in [-0.25, -0.2) is 8.42 Å². The first-order chi connectivity index (χ1) is 13.4. The Hall–Kier alpha value is -2.96. The summed E-state index contributed by atoms with van der Waals surface area (Å²) in [6.45, 7) is 1.62. The number of likely N-dealkylation sites (N-methyl/N-ethyl adjacent to an activating group) is 1. The number of nitrogens with zero attached hydrogens (tertiary/aromatic N) is 1. The average molecular weight is 394 g/mol. The van der Waals surface area contributed by atoms with Crippen molar-refractivity contribution in [1.82, 2.24) is 4.31 Å². The first-order valence-electron chi connectivity index (χ1n) is 8.84. The zero-order chi connectivity index (χ0) is 20.1. The largest absolute Gasteiger partial charge is 0.325 e. The van der Waals surface area contributed by atoms with Crippen LogP contribution < -0.4 is 5.32 Å². The molecule has 144 valence electrons. The Labute approximate surface area is 165 Å². The lowest BCUT2D eigenvalue weighted by Crippen LogP contribution is -2.34. The summed E-state index contributed by atoms with van der Waals surface area (Å²) in [4.78, 5) is 12.5. The number of carbonyl (C=O) groups excluding carboxylic acids is 1. The fraction of sp³-hybridized carbons (Fsp3) is 0.136. The molecule has 0 aliphatic rings. The number of hydrogen-bond acceptors (Lipinski definition) is 3. The van der Waals surface area contributed by atoms with Crippen LogP contribution in [0.2, 0.25) is 0 Å². The molecular formula is C22H22N2O3S. The van der Waals surface area contributed by atoms with Crippen molar-refractivity contribution >= 4 is 21.6 Å². The van der Waals surface area contributed by atoms with E-state index >= 15 is 0 Å². The molecule has 0 aliphatic carbocycles. The normalized spacial score (nSPS) is 11.4. The molecular weight excluding hydrogens is 372 g/mol. The summed E-state index contributed by atoms with van der Waals surface area (Å²) >= 11 is 0. The minimum Gasteiger partial charge on any atom is -0.325 e. The molecule has 0 radical (unpaired) electrons. The zero-order valence-electron chi connectivity index (χ0n) is 15.8. The van der Waals surface area contributed by atoms with Gasteiger partial charge >= 0.3 is 0 Å². The SMILES string of the molecule is Cc1ccc(S(=O)(=O)N(C)CC(=O)Nc2ccc(-c3ccccc3)cc2)cc1. The average Bonchev–Trinajstić information content (AvgIpc) is 2.69. The van der Waals surface area contributed by atoms with Crippen molar-refractivity contribution in [2.45, 2.75) is 11.8 Å². The second kappa shape index (κ2) is 8.37. The van der Waals surface area contributed by atoms with Gasteiger partial charge in [0.05, 0.1) is 11.4 Å². The first kappa shape index (κ1) is 19.8. The molecule has 0 aliphatic heterocycles. The number of sulfonamides is 1. The molecule has 0 saturated heterocycles. The molecule has 6 heteroatoms. The van der Waals surface area contributed by atoms with Crippen LogP contribution in [0.25, 0.3) is 11.1 Å². The number of carbonyl (C=O) groups is 1. The van der Waals surface area contributed by atoms with Crippen LogP contribution in [0.5, 0.6) is 0 Å². The molecule has 0 heterocycles. The summed E-state index contributed by atoms with van der Waals surface area (Å²) in [5, 5.41) is 2.74. The second-order valence-electron chi connectivity index (χ2n) is 6.57. The Bertz CT molecular complexity index is 1050. The molecule has 1 N–H and O–H groups in total. The minimum absolute atomic E-state index is 0.167. The fourth-order valence-electron chi connectivity index (χ4n) is 2.75. The van der Waals surface area contributed by atoms with Crippen LogP contribution in [0.1, 0.15) is 5.56 Å². The number of amides is 1. The van der Waals surface area contributed by atoms with Gasteiger partial charge in [0, 0.05) is 12.7 Å². The van der Waals surface area contributed by atoms with Gasteiger partial charge in [0.25, 0.3) is 0 Å². The molecule has 0 bridgehead atoms. The number of benzene rings is 3. The smallest absolute Gasteiger partial charge is 0.243 e. The second-order valence-corrected chi connectivity index (χ2v) is 8.61. The van der Waals surface area contributed by atoms with E-state index in [0.717, 1.165) is 21.0 Å². The van der Waals surface area contributed by atoms with E-state index < -0.39 is 15.9 Å². The standard InChI is InChI=1S/C22H22N2O3S/c1-17-8-14-21(15-9-17)28(26,27)24(2)16-22(25)23-20-12-10-19(11-13-20)18-6-4-3-5-7-18/h3-15H,16H2,1-2H3,(H,23,25). The highest BCUT2D eigenvalue weighted by Gasteiger charge is 2.22. The van der Waals surface area contributed by atoms with E-state index in [-0.39, 0.29) is 11.4 Å². The van der Waals surface area contributed by atoms with Crippen LogP contribution >= 0.6 is 0 Å². The van der Waals surface area contributed by atoms with Gasteiger partial charge in [-0.15, -0.1) is 0 Å². The van der Waals surface area contributed by atoms with Crippen molar-refractivity contribution in [1.29, 1.82) is 0 Å². The van der Waals surface area contributed by atoms with E-state index in [9.17, 15) is 13.2 Å². The van der Waals surface area contributed by atoms with Gasteiger partial charge in [0.15, 0.2) is 0 Å². The van der Waals surface area contributed by atoms with Gasteiger partial charge in [-0.3, -0.25) is 4.79 Å². The third-order valence-corrected chi connectivity index (χ3v) is 6.19. The molecule has 0 unspecified atom stereocenters. The summed E-state index contributed by atoms with van der Waals surface area (Å²) < 4.78 is 26.2. The fourth-order valence-corrected chi connectivity index (χ4v) is 3.88. The maximum atomic E-state index is 12.6. The molecule has 0 aromatic heterocycles. The Balaban J connectivity index is 1.64. The lowest BCUT2D eigenvalue weighted by Gasteiger charge is -2.17. The Morgan fingerprint density at radius 3 is 2.04 bits per heavy atom. The summed E-state index contributed by atoms with van der Waals surface area (Å²) in [5.74, 6) is -0.398. The predicted octanol–water partition coefficient (Wildman–Crippen LogP) is 3.92. The van der Waals surface area contributed by atoms with E-state index in [1.54, 1.807) is 36.4 Å². The Morgan fingerprint density at radius 2 is 1.43 bits per heavy atom. The zero-order valence-corrected chi connectivity index (χ0v) is 16.6. The van der Waals surface area contributed by atoms with E-state index in [1.165, 1.54) is 7.05 Å². The Kier molecular flexibility index (Phi) is 5.92. The molecule has 0 fully saturated rings. The van der Waals surface area contributed by atoms with Crippen LogP contribution in [-0.4, -0.2) is 32.2 Å². The molecule has 3 rings (SSSR count). The van der Waals surface area contributed by atoms with Gasteiger partial charge in [-0.05, 0) is 42.3 Å². The van der Waals surface area contributed by atoms with E-state index in [2.05, 4.69) is 5.32 Å². The monoisotopic (exact) mass is 394 g/mol. The highest BCUT2D eigenvalue weighted by molar-refractivity contribution is 7.89. The van der Waals surface area contributed by atoms with Crippen molar-refractivity contribution in [3.8, 4) is 11.1 Å². The molecule has 0 atom stereocenters. The number of anilines is 1. The highest BCUT2D eigenvalue weighted by Crippen LogP contribution is 2.21. The molecule has 1 amide bonds. The molecule has 3 aromatic carbocycles. The van der Waals surface area contributed by atoms with Gasteiger partial charge in [-0.2, -0.15) is 4.31 Å². The number of nitrogens with one attached hydrogen (secondary N) is 1. The van der Waals surface area contributed by atoms with Crippen molar-refractivity contribution in [3.63, 3.8) is 0 Å². The number of aryl methyl sites for hydroxylation is 1. The van der Waals surface area contributed by atoms with Crippen molar-refractivity contribution < 1.29 is 13.2 Å². The number of hydrogen-bond donors (Lipinski definition) is 1. The van der Waals surface area contributed by atoms with Crippen LogP contribution in [0.15, 0.2) is 83.8 Å². The van der Waals surface area contributed by atoms with Gasteiger partial charge < -0.3 is 5.32 Å². The third kappa shape index (κ3) is 4.65. The molecule has 0 saturated carbocycles. The van der Waals surface area contributed by atoms with E-state index in [1.807, 2.05) is 49.4 Å². The highest BCUT2D eigenvalue weighted by atomic mass is 32.2. The quantitative estimate of drug-likeness (QED) is 0.689. The van der Waals surface area contributed by atoms with Gasteiger partial charge in [-0.1, -0.05) is 60.2 Å². The number of rotatable bonds is 6. The summed E-state index contributed by atoms with van der Waals surface area (Å²) in [6.07, 6.45) is 0. The van der Waals surface area contributed by atoms with Crippen LogP contribution in [0, 0.1) is 6.92 Å². The van der Waals surface area contributed by atoms with Gasteiger partial charge in [0.1, 0.15) is 0 Å². The Morgan fingerprint density at radius 1 is 0.857 bits per heavy atom. The predicted molar refractivity (Wildman–Crippen MR) is 112 cm³/mol. The van der Waals surface area contributed by atoms with Crippen molar-refractivity contribution in [3.05, 3.63) is 84.4 Å². The summed E-state index contributed by atoms with van der Waals surface area (Å²) in [6, 6.07) is 23.9. The summed E-state index contributed by atoms with van der Waals surface area (Å²) in [5.41, 5.74) is 3.71. The van der Waals surface area contributed by atoms with Crippen LogP contribution in [0.3, 0.4) is 0 Å². The lowest BCUT2D eigenvalue weighted by molar-refractivity contribution is -0.116. The lowest BCUT2D eigenvalue weighted by atomic mass is 10.1. The molecule has 5 nitrogen and oxygen atoms in total. The minimum atomic E-state index is -3.71. The maximum Gasteiger partial charge on any atom is 0.243 e. The maximum absolute atomic E-state index is 12.6. The third-order valence-electron chi connectivity index (χ3n) is 4.37. The van der Waals surface area contributed by atoms with E-state index in [4.69, 9.17) is 0 Å².